The average Bonchev–Trinajstić information content (AvgIpc) is 3.15. The molecular weight excluding hydrogens is 431 g/mol. The van der Waals surface area contributed by atoms with E-state index in [9.17, 15) is 17.6 Å². The van der Waals surface area contributed by atoms with Crippen LogP contribution < -0.4 is 5.32 Å². The number of halogens is 1. The first-order valence-electron chi connectivity index (χ1n) is 10.4. The molecule has 1 aliphatic rings. The highest BCUT2D eigenvalue weighted by atomic mass is 32.2. The van der Waals surface area contributed by atoms with E-state index in [0.29, 0.717) is 22.6 Å². The number of hydrogen-bond acceptors (Lipinski definition) is 4. The third-order valence-electron chi connectivity index (χ3n) is 5.67. The molecule has 7 nitrogen and oxygen atoms in total. The molecule has 0 spiro atoms. The van der Waals surface area contributed by atoms with E-state index in [2.05, 4.69) is 10.4 Å². The van der Waals surface area contributed by atoms with E-state index in [-0.39, 0.29) is 10.7 Å². The minimum Gasteiger partial charge on any atom is -0.321 e. The van der Waals surface area contributed by atoms with Gasteiger partial charge in [-0.2, -0.15) is 5.10 Å². The number of carbonyl (C=O) groups excluding carboxylic acids is 1. The lowest BCUT2D eigenvalue weighted by Gasteiger charge is -2.15. The molecule has 0 saturated carbocycles. The van der Waals surface area contributed by atoms with Gasteiger partial charge in [-0.3, -0.25) is 4.79 Å². The number of rotatable bonds is 5. The lowest BCUT2D eigenvalue weighted by molar-refractivity contribution is 0.102. The highest BCUT2D eigenvalue weighted by molar-refractivity contribution is 7.89. The van der Waals surface area contributed by atoms with Gasteiger partial charge < -0.3 is 5.32 Å². The summed E-state index contributed by atoms with van der Waals surface area (Å²) in [5.41, 5.74) is 3.80. The topological polar surface area (TPSA) is 84.3 Å². The first kappa shape index (κ1) is 22.2. The van der Waals surface area contributed by atoms with Crippen LogP contribution in [0, 0.1) is 12.7 Å². The first-order valence-corrected chi connectivity index (χ1v) is 11.8. The van der Waals surface area contributed by atoms with Crippen LogP contribution in [0.15, 0.2) is 47.4 Å². The number of aryl methyl sites for hydroxylation is 1. The molecule has 1 amide bonds. The number of sulfonamides is 1. The third kappa shape index (κ3) is 4.05. The van der Waals surface area contributed by atoms with Crippen molar-refractivity contribution in [1.82, 2.24) is 14.1 Å². The number of amides is 1. The summed E-state index contributed by atoms with van der Waals surface area (Å²) in [4.78, 5) is 13.3. The monoisotopic (exact) mass is 456 g/mol. The number of anilines is 1. The Bertz CT molecular complexity index is 1280. The Morgan fingerprint density at radius 2 is 1.78 bits per heavy atom. The molecule has 32 heavy (non-hydrogen) atoms. The molecule has 0 atom stereocenters. The SMILES string of the molecule is Cc1ccc(NC(=O)c2nn(-c3ccc(F)cc3)c3c2CCCC3)cc1S(=O)(=O)N(C)C. The fraction of sp³-hybridized carbons (Fsp3) is 0.304. The van der Waals surface area contributed by atoms with E-state index in [0.717, 1.165) is 41.2 Å². The minimum absolute atomic E-state index is 0.138. The molecule has 0 radical (unpaired) electrons. The second-order valence-corrected chi connectivity index (χ2v) is 10.2. The predicted molar refractivity (Wildman–Crippen MR) is 120 cm³/mol. The summed E-state index contributed by atoms with van der Waals surface area (Å²) >= 11 is 0. The molecule has 0 saturated heterocycles. The zero-order valence-electron chi connectivity index (χ0n) is 18.2. The van der Waals surface area contributed by atoms with Crippen molar-refractivity contribution in [2.75, 3.05) is 19.4 Å². The summed E-state index contributed by atoms with van der Waals surface area (Å²) in [6, 6.07) is 10.8. The normalized spacial score (nSPS) is 13.8. The maximum atomic E-state index is 13.4. The van der Waals surface area contributed by atoms with Crippen LogP contribution in [0.4, 0.5) is 10.1 Å². The summed E-state index contributed by atoms with van der Waals surface area (Å²) < 4.78 is 41.4. The van der Waals surface area contributed by atoms with Crippen LogP contribution in [0.2, 0.25) is 0 Å². The van der Waals surface area contributed by atoms with E-state index in [1.165, 1.54) is 32.3 Å². The number of benzene rings is 2. The Balaban J connectivity index is 1.70. The van der Waals surface area contributed by atoms with Crippen LogP contribution in [0.3, 0.4) is 0 Å². The number of nitrogens with one attached hydrogen (secondary N) is 1. The summed E-state index contributed by atoms with van der Waals surface area (Å²) in [5, 5.41) is 7.36. The molecule has 1 aromatic heterocycles. The zero-order valence-corrected chi connectivity index (χ0v) is 19.0. The summed E-state index contributed by atoms with van der Waals surface area (Å²) in [7, 11) is -0.715. The maximum absolute atomic E-state index is 13.4. The second-order valence-electron chi connectivity index (χ2n) is 8.09. The molecule has 0 aliphatic heterocycles. The van der Waals surface area contributed by atoms with Gasteiger partial charge in [0.05, 0.1) is 10.6 Å². The van der Waals surface area contributed by atoms with Gasteiger partial charge in [0.15, 0.2) is 5.69 Å². The van der Waals surface area contributed by atoms with Gasteiger partial charge >= 0.3 is 0 Å². The lowest BCUT2D eigenvalue weighted by Crippen LogP contribution is -2.23. The number of hydrogen-bond donors (Lipinski definition) is 1. The molecule has 2 aromatic carbocycles. The zero-order chi connectivity index (χ0) is 23.0. The Labute approximate surface area is 186 Å². The fourth-order valence-corrected chi connectivity index (χ4v) is 5.06. The molecule has 4 rings (SSSR count). The van der Waals surface area contributed by atoms with Gasteiger partial charge in [0.1, 0.15) is 5.82 Å². The Hall–Kier alpha value is -3.04. The van der Waals surface area contributed by atoms with Crippen molar-refractivity contribution in [2.24, 2.45) is 0 Å². The second kappa shape index (κ2) is 8.48. The van der Waals surface area contributed by atoms with Crippen LogP contribution in [0.5, 0.6) is 0 Å². The van der Waals surface area contributed by atoms with Crippen molar-refractivity contribution in [2.45, 2.75) is 37.5 Å². The molecule has 3 aromatic rings. The van der Waals surface area contributed by atoms with Crippen LogP contribution in [-0.2, 0) is 22.9 Å². The molecule has 1 aliphatic carbocycles. The molecule has 0 unspecified atom stereocenters. The fourth-order valence-electron chi connectivity index (χ4n) is 3.92. The van der Waals surface area contributed by atoms with Crippen molar-refractivity contribution in [3.63, 3.8) is 0 Å². The average molecular weight is 457 g/mol. The molecular formula is C23H25FN4O3S. The molecule has 0 bridgehead atoms. The van der Waals surface area contributed by atoms with E-state index in [1.807, 2.05) is 0 Å². The van der Waals surface area contributed by atoms with E-state index >= 15 is 0 Å². The Kier molecular flexibility index (Phi) is 5.87. The highest BCUT2D eigenvalue weighted by Gasteiger charge is 2.26. The van der Waals surface area contributed by atoms with Crippen LogP contribution in [0.25, 0.3) is 5.69 Å². The van der Waals surface area contributed by atoms with E-state index in [1.54, 1.807) is 35.9 Å². The minimum atomic E-state index is -3.65. The smallest absolute Gasteiger partial charge is 0.276 e. The number of aromatic nitrogens is 2. The van der Waals surface area contributed by atoms with Crippen LogP contribution in [-0.4, -0.2) is 42.5 Å². The molecule has 1 N–H and O–H groups in total. The Morgan fingerprint density at radius 1 is 1.09 bits per heavy atom. The van der Waals surface area contributed by atoms with Gasteiger partial charge in [-0.25, -0.2) is 21.8 Å². The standard InChI is InChI=1S/C23H25FN4O3S/c1-15-8-11-17(14-21(15)32(30,31)27(2)3)25-23(29)22-19-6-4-5-7-20(19)28(26-22)18-12-9-16(24)10-13-18/h8-14H,4-7H2,1-3H3,(H,25,29). The third-order valence-corrected chi connectivity index (χ3v) is 7.63. The molecule has 0 fully saturated rings. The lowest BCUT2D eigenvalue weighted by atomic mass is 9.95. The largest absolute Gasteiger partial charge is 0.321 e. The van der Waals surface area contributed by atoms with Gasteiger partial charge in [0.25, 0.3) is 5.91 Å². The van der Waals surface area contributed by atoms with Crippen molar-refractivity contribution in [1.29, 1.82) is 0 Å². The van der Waals surface area contributed by atoms with Crippen molar-refractivity contribution >= 4 is 21.6 Å². The van der Waals surface area contributed by atoms with E-state index < -0.39 is 15.9 Å². The van der Waals surface area contributed by atoms with Crippen molar-refractivity contribution in [3.05, 3.63) is 70.8 Å². The van der Waals surface area contributed by atoms with Crippen molar-refractivity contribution < 1.29 is 17.6 Å². The van der Waals surface area contributed by atoms with Gasteiger partial charge in [-0.15, -0.1) is 0 Å². The highest BCUT2D eigenvalue weighted by Crippen LogP contribution is 2.28. The summed E-state index contributed by atoms with van der Waals surface area (Å²) in [5.74, 6) is -0.739. The van der Waals surface area contributed by atoms with Gasteiger partial charge in [0.2, 0.25) is 10.0 Å². The summed E-state index contributed by atoms with van der Waals surface area (Å²) in [6.07, 6.45) is 3.46. The van der Waals surface area contributed by atoms with Gasteiger partial charge in [-0.1, -0.05) is 6.07 Å². The number of fused-ring (bicyclic) bond motifs is 1. The predicted octanol–water partition coefficient (Wildman–Crippen LogP) is 3.70. The quantitative estimate of drug-likeness (QED) is 0.635. The van der Waals surface area contributed by atoms with Gasteiger partial charge in [0, 0.05) is 31.0 Å². The number of carbonyl (C=O) groups is 1. The molecule has 9 heteroatoms. The number of nitrogens with zero attached hydrogens (tertiary/aromatic N) is 3. The Morgan fingerprint density at radius 3 is 2.47 bits per heavy atom. The van der Waals surface area contributed by atoms with Crippen LogP contribution in [0.1, 0.15) is 40.2 Å². The van der Waals surface area contributed by atoms with Crippen LogP contribution >= 0.6 is 0 Å². The van der Waals surface area contributed by atoms with Crippen molar-refractivity contribution in [3.8, 4) is 5.69 Å². The molecule has 1 heterocycles. The van der Waals surface area contributed by atoms with Gasteiger partial charge in [-0.05, 0) is 74.6 Å². The molecule has 168 valence electrons. The summed E-state index contributed by atoms with van der Waals surface area (Å²) in [6.45, 7) is 1.71. The van der Waals surface area contributed by atoms with E-state index in [4.69, 9.17) is 0 Å². The first-order chi connectivity index (χ1) is 15.2. The maximum Gasteiger partial charge on any atom is 0.276 e.